The van der Waals surface area contributed by atoms with E-state index in [9.17, 15) is 4.79 Å². The second kappa shape index (κ2) is 5.35. The second-order valence-corrected chi connectivity index (χ2v) is 4.75. The van der Waals surface area contributed by atoms with Crippen LogP contribution in [-0.2, 0) is 9.53 Å². The average molecular weight is 232 g/mol. The van der Waals surface area contributed by atoms with Gasteiger partial charge in [-0.15, -0.1) is 0 Å². The molecule has 2 heteroatoms. The molecule has 0 saturated carbocycles. The van der Waals surface area contributed by atoms with Crippen molar-refractivity contribution in [1.29, 1.82) is 0 Å². The summed E-state index contributed by atoms with van der Waals surface area (Å²) in [5.41, 5.74) is 5.64. The Hall–Kier alpha value is -1.31. The molecule has 0 saturated heterocycles. The van der Waals surface area contributed by atoms with Crippen LogP contribution in [0.1, 0.15) is 46.0 Å². The van der Waals surface area contributed by atoms with E-state index < -0.39 is 0 Å². The molecule has 0 spiro atoms. The predicted molar refractivity (Wildman–Crippen MR) is 68.6 cm³/mol. The van der Waals surface area contributed by atoms with Crippen LogP contribution in [0.25, 0.3) is 0 Å². The zero-order valence-electron chi connectivity index (χ0n) is 10.7. The van der Waals surface area contributed by atoms with Crippen molar-refractivity contribution < 1.29 is 9.53 Å². The molecule has 0 heterocycles. The van der Waals surface area contributed by atoms with Gasteiger partial charge in [0.25, 0.3) is 0 Å². The number of allylic oxidation sites excluding steroid dienone is 5. The number of carbonyl (C=O) groups excluding carboxylic acids is 1. The molecule has 0 fully saturated rings. The van der Waals surface area contributed by atoms with Crippen molar-refractivity contribution in [1.82, 2.24) is 0 Å². The molecule has 2 aliphatic rings. The first-order valence-corrected chi connectivity index (χ1v) is 6.47. The highest BCUT2D eigenvalue weighted by atomic mass is 16.5. The highest BCUT2D eigenvalue weighted by molar-refractivity contribution is 5.83. The summed E-state index contributed by atoms with van der Waals surface area (Å²) >= 11 is 0. The predicted octanol–water partition coefficient (Wildman–Crippen LogP) is 3.70. The molecule has 92 valence electrons. The van der Waals surface area contributed by atoms with E-state index in [1.54, 1.807) is 6.08 Å². The number of rotatable bonds is 2. The third-order valence-corrected chi connectivity index (χ3v) is 3.51. The van der Waals surface area contributed by atoms with Crippen molar-refractivity contribution in [2.24, 2.45) is 0 Å². The van der Waals surface area contributed by atoms with Gasteiger partial charge >= 0.3 is 5.97 Å². The molecular weight excluding hydrogens is 212 g/mol. The Labute approximate surface area is 103 Å². The Kier molecular flexibility index (Phi) is 3.82. The van der Waals surface area contributed by atoms with Gasteiger partial charge in [-0.05, 0) is 62.7 Å². The van der Waals surface area contributed by atoms with Crippen LogP contribution in [0.2, 0.25) is 0 Å². The lowest BCUT2D eigenvalue weighted by molar-refractivity contribution is -0.137. The SMILES string of the molecule is CCOC(=O)/C=C1\C=C2CCCC(C)=C2CC1. The van der Waals surface area contributed by atoms with E-state index >= 15 is 0 Å². The topological polar surface area (TPSA) is 26.3 Å². The summed E-state index contributed by atoms with van der Waals surface area (Å²) in [6, 6.07) is 0. The van der Waals surface area contributed by atoms with Gasteiger partial charge in [-0.3, -0.25) is 0 Å². The van der Waals surface area contributed by atoms with E-state index in [0.29, 0.717) is 6.61 Å². The fourth-order valence-electron chi connectivity index (χ4n) is 2.67. The molecule has 0 N–H and O–H groups in total. The Morgan fingerprint density at radius 2 is 2.18 bits per heavy atom. The molecule has 0 aromatic heterocycles. The third-order valence-electron chi connectivity index (χ3n) is 3.51. The van der Waals surface area contributed by atoms with Gasteiger partial charge in [-0.25, -0.2) is 4.79 Å². The summed E-state index contributed by atoms with van der Waals surface area (Å²) < 4.78 is 4.95. The Balaban J connectivity index is 2.18. The normalized spacial score (nSPS) is 22.2. The molecule has 0 amide bonds. The van der Waals surface area contributed by atoms with Gasteiger partial charge in [0.15, 0.2) is 0 Å². The average Bonchev–Trinajstić information content (AvgIpc) is 2.29. The van der Waals surface area contributed by atoms with E-state index in [1.165, 1.54) is 29.6 Å². The molecular formula is C15H20O2. The van der Waals surface area contributed by atoms with Gasteiger partial charge in [-0.2, -0.15) is 0 Å². The zero-order chi connectivity index (χ0) is 12.3. The van der Waals surface area contributed by atoms with Crippen molar-refractivity contribution in [2.75, 3.05) is 6.61 Å². The van der Waals surface area contributed by atoms with Crippen LogP contribution in [-0.4, -0.2) is 12.6 Å². The third kappa shape index (κ3) is 2.87. The van der Waals surface area contributed by atoms with Crippen LogP contribution in [0.4, 0.5) is 0 Å². The minimum Gasteiger partial charge on any atom is -0.463 e. The maximum Gasteiger partial charge on any atom is 0.331 e. The Morgan fingerprint density at radius 3 is 2.94 bits per heavy atom. The monoisotopic (exact) mass is 232 g/mol. The lowest BCUT2D eigenvalue weighted by Gasteiger charge is -2.25. The summed E-state index contributed by atoms with van der Waals surface area (Å²) in [4.78, 5) is 11.4. The van der Waals surface area contributed by atoms with Gasteiger partial charge in [-0.1, -0.05) is 11.6 Å². The van der Waals surface area contributed by atoms with Gasteiger partial charge in [0.2, 0.25) is 0 Å². The van der Waals surface area contributed by atoms with Crippen LogP contribution in [0.5, 0.6) is 0 Å². The number of carbonyl (C=O) groups is 1. The van der Waals surface area contributed by atoms with Crippen molar-refractivity contribution >= 4 is 5.97 Å². The minimum atomic E-state index is -0.209. The van der Waals surface area contributed by atoms with Crippen LogP contribution >= 0.6 is 0 Å². The Bertz CT molecular complexity index is 411. The maximum absolute atomic E-state index is 11.4. The fourth-order valence-corrected chi connectivity index (χ4v) is 2.67. The molecule has 0 aliphatic heterocycles. The van der Waals surface area contributed by atoms with Crippen LogP contribution < -0.4 is 0 Å². The molecule has 0 aromatic rings. The quantitative estimate of drug-likeness (QED) is 0.536. The molecule has 0 atom stereocenters. The molecule has 0 unspecified atom stereocenters. The fraction of sp³-hybridized carbons (Fsp3) is 0.533. The maximum atomic E-state index is 11.4. The number of ether oxygens (including phenoxy) is 1. The molecule has 17 heavy (non-hydrogen) atoms. The van der Waals surface area contributed by atoms with Crippen LogP contribution in [0.15, 0.2) is 34.4 Å². The first-order chi connectivity index (χ1) is 8.20. The second-order valence-electron chi connectivity index (χ2n) is 4.75. The number of esters is 1. The zero-order valence-corrected chi connectivity index (χ0v) is 10.7. The van der Waals surface area contributed by atoms with E-state index in [4.69, 9.17) is 4.74 Å². The largest absolute Gasteiger partial charge is 0.463 e. The molecule has 2 aliphatic carbocycles. The lowest BCUT2D eigenvalue weighted by atomic mass is 9.80. The van der Waals surface area contributed by atoms with E-state index in [2.05, 4.69) is 13.0 Å². The van der Waals surface area contributed by atoms with E-state index in [1.807, 2.05) is 6.92 Å². The van der Waals surface area contributed by atoms with E-state index in [-0.39, 0.29) is 5.97 Å². The number of hydrogen-bond acceptors (Lipinski definition) is 2. The summed E-state index contributed by atoms with van der Waals surface area (Å²) in [5.74, 6) is -0.209. The highest BCUT2D eigenvalue weighted by Gasteiger charge is 2.19. The molecule has 2 rings (SSSR count). The highest BCUT2D eigenvalue weighted by Crippen LogP contribution is 2.37. The Morgan fingerprint density at radius 1 is 1.35 bits per heavy atom. The standard InChI is InChI=1S/C15H20O2/c1-3-17-15(16)10-12-7-8-14-11(2)5-4-6-13(14)9-12/h9-10H,3-8H2,1-2H3/b12-10-. The van der Waals surface area contributed by atoms with E-state index in [0.717, 1.165) is 24.8 Å². The van der Waals surface area contributed by atoms with Crippen molar-refractivity contribution in [3.8, 4) is 0 Å². The molecule has 0 aromatic carbocycles. The van der Waals surface area contributed by atoms with Gasteiger partial charge in [0.1, 0.15) is 0 Å². The first kappa shape index (κ1) is 12.2. The van der Waals surface area contributed by atoms with Gasteiger partial charge < -0.3 is 4.74 Å². The minimum absolute atomic E-state index is 0.209. The summed E-state index contributed by atoms with van der Waals surface area (Å²) in [6.07, 6.45) is 9.54. The molecule has 0 radical (unpaired) electrons. The van der Waals surface area contributed by atoms with Crippen molar-refractivity contribution in [3.63, 3.8) is 0 Å². The number of fused-ring (bicyclic) bond motifs is 1. The smallest absolute Gasteiger partial charge is 0.331 e. The molecule has 0 bridgehead atoms. The summed E-state index contributed by atoms with van der Waals surface area (Å²) in [7, 11) is 0. The van der Waals surface area contributed by atoms with Crippen LogP contribution in [0, 0.1) is 0 Å². The summed E-state index contributed by atoms with van der Waals surface area (Å²) in [5, 5.41) is 0. The lowest BCUT2D eigenvalue weighted by Crippen LogP contribution is -2.08. The van der Waals surface area contributed by atoms with Crippen LogP contribution in [0.3, 0.4) is 0 Å². The summed E-state index contributed by atoms with van der Waals surface area (Å²) in [6.45, 7) is 4.52. The van der Waals surface area contributed by atoms with Gasteiger partial charge in [0.05, 0.1) is 6.61 Å². The van der Waals surface area contributed by atoms with Crippen molar-refractivity contribution in [3.05, 3.63) is 34.4 Å². The van der Waals surface area contributed by atoms with Crippen molar-refractivity contribution in [2.45, 2.75) is 46.0 Å². The molecule has 2 nitrogen and oxygen atoms in total. The van der Waals surface area contributed by atoms with Gasteiger partial charge in [0, 0.05) is 6.08 Å². The number of hydrogen-bond donors (Lipinski definition) is 0. The first-order valence-electron chi connectivity index (χ1n) is 6.47.